The van der Waals surface area contributed by atoms with E-state index in [9.17, 15) is 26.3 Å². The third-order valence-corrected chi connectivity index (χ3v) is 8.28. The van der Waals surface area contributed by atoms with Crippen molar-refractivity contribution in [1.29, 1.82) is 0 Å². The maximum atomic E-state index is 13.9. The van der Waals surface area contributed by atoms with E-state index in [-0.39, 0.29) is 34.7 Å². The molecule has 1 unspecified atom stereocenters. The van der Waals surface area contributed by atoms with Gasteiger partial charge in [0.05, 0.1) is 29.8 Å². The molecular weight excluding hydrogens is 564 g/mol. The van der Waals surface area contributed by atoms with Crippen molar-refractivity contribution in [1.82, 2.24) is 9.88 Å². The number of hydrogen-bond donors (Lipinski definition) is 2. The summed E-state index contributed by atoms with van der Waals surface area (Å²) in [6.07, 6.45) is -4.55. The largest absolute Gasteiger partial charge is 0.418 e. The van der Waals surface area contributed by atoms with Crippen molar-refractivity contribution < 1.29 is 36.1 Å². The predicted octanol–water partition coefficient (Wildman–Crippen LogP) is 6.25. The highest BCUT2D eigenvalue weighted by Crippen LogP contribution is 2.47. The molecule has 6 rings (SSSR count). The van der Waals surface area contributed by atoms with E-state index in [0.717, 1.165) is 24.6 Å². The second-order valence-electron chi connectivity index (χ2n) is 10.8. The fraction of sp³-hybridized carbons (Fsp3) is 0.379. The molecule has 7 nitrogen and oxygen atoms in total. The molecule has 0 bridgehead atoms. The van der Waals surface area contributed by atoms with Crippen LogP contribution in [0, 0.1) is 0 Å². The van der Waals surface area contributed by atoms with Crippen LogP contribution < -0.4 is 11.1 Å². The molecule has 3 N–H and O–H groups in total. The Morgan fingerprint density at radius 1 is 0.929 bits per heavy atom. The number of hydrogen-bond acceptors (Lipinski definition) is 7. The standard InChI is InChI=1S/C29H27F6N5O2/c30-28(31,32)19-4-6-23(36)22(15-19)27(16-40-11-7-26(8-12-40)9-13-41-42-26)20-5-3-18(14-24(20)38-17-39-27)25-21(29(33,34)35)2-1-10-37-25/h1-6,10,14-15,17H,7-9,11-13,16,36H2,(H,38,39). The summed E-state index contributed by atoms with van der Waals surface area (Å²) in [4.78, 5) is 21.5. The van der Waals surface area contributed by atoms with Gasteiger partial charge >= 0.3 is 12.4 Å². The zero-order chi connectivity index (χ0) is 29.8. The molecule has 2 aromatic carbocycles. The first-order valence-corrected chi connectivity index (χ1v) is 13.4. The Balaban J connectivity index is 1.46. The lowest BCUT2D eigenvalue weighted by atomic mass is 9.78. The van der Waals surface area contributed by atoms with E-state index in [1.165, 1.54) is 36.8 Å². The molecular formula is C29H27F6N5O2. The van der Waals surface area contributed by atoms with E-state index in [1.54, 1.807) is 6.07 Å². The number of nitrogens with zero attached hydrogens (tertiary/aromatic N) is 3. The second kappa shape index (κ2) is 10.2. The van der Waals surface area contributed by atoms with E-state index in [0.29, 0.717) is 43.8 Å². The number of likely N-dealkylation sites (tertiary alicyclic amines) is 1. The predicted molar refractivity (Wildman–Crippen MR) is 143 cm³/mol. The van der Waals surface area contributed by atoms with Gasteiger partial charge in [-0.3, -0.25) is 14.9 Å². The van der Waals surface area contributed by atoms with Crippen LogP contribution >= 0.6 is 0 Å². The second-order valence-corrected chi connectivity index (χ2v) is 10.8. The van der Waals surface area contributed by atoms with Gasteiger partial charge in [0, 0.05) is 60.3 Å². The third kappa shape index (κ3) is 5.09. The summed E-state index contributed by atoms with van der Waals surface area (Å²) in [5, 5.41) is 2.98. The first-order chi connectivity index (χ1) is 19.9. The molecule has 2 fully saturated rings. The molecule has 2 saturated heterocycles. The number of benzene rings is 2. The summed E-state index contributed by atoms with van der Waals surface area (Å²) in [5.41, 5.74) is 3.84. The van der Waals surface area contributed by atoms with Crippen LogP contribution in [-0.2, 0) is 27.7 Å². The maximum Gasteiger partial charge on any atom is 0.418 e. The van der Waals surface area contributed by atoms with Gasteiger partial charge in [0.15, 0.2) is 0 Å². The first kappa shape index (κ1) is 28.4. The maximum absolute atomic E-state index is 13.9. The van der Waals surface area contributed by atoms with Gasteiger partial charge < -0.3 is 11.1 Å². The summed E-state index contributed by atoms with van der Waals surface area (Å²) in [6, 6.07) is 9.87. The first-order valence-electron chi connectivity index (χ1n) is 13.4. The molecule has 3 aliphatic heterocycles. The van der Waals surface area contributed by atoms with Gasteiger partial charge in [0.2, 0.25) is 0 Å². The van der Waals surface area contributed by atoms with Crippen molar-refractivity contribution >= 4 is 17.7 Å². The molecule has 1 atom stereocenters. The highest BCUT2D eigenvalue weighted by atomic mass is 19.4. The van der Waals surface area contributed by atoms with Gasteiger partial charge in [-0.2, -0.15) is 26.3 Å². The van der Waals surface area contributed by atoms with Gasteiger partial charge in [0.1, 0.15) is 11.1 Å². The number of fused-ring (bicyclic) bond motifs is 1. The Hall–Kier alpha value is -3.68. The fourth-order valence-electron chi connectivity index (χ4n) is 6.05. The minimum absolute atomic E-state index is 0.113. The summed E-state index contributed by atoms with van der Waals surface area (Å²) >= 11 is 0. The summed E-state index contributed by atoms with van der Waals surface area (Å²) < 4.78 is 82.9. The number of nitrogens with one attached hydrogen (secondary N) is 1. The molecule has 1 spiro atoms. The average molecular weight is 592 g/mol. The molecule has 0 aliphatic carbocycles. The van der Waals surface area contributed by atoms with Crippen LogP contribution in [-0.4, -0.2) is 48.1 Å². The van der Waals surface area contributed by atoms with E-state index >= 15 is 0 Å². The number of alkyl halides is 6. The van der Waals surface area contributed by atoms with Crippen molar-refractivity contribution in [3.05, 3.63) is 77.0 Å². The molecule has 13 heteroatoms. The zero-order valence-corrected chi connectivity index (χ0v) is 22.2. The third-order valence-electron chi connectivity index (χ3n) is 8.28. The average Bonchev–Trinajstić information content (AvgIpc) is 3.41. The molecule has 3 aliphatic rings. The minimum Gasteiger partial charge on any atom is -0.398 e. The minimum atomic E-state index is -4.63. The molecule has 4 heterocycles. The smallest absolute Gasteiger partial charge is 0.398 e. The van der Waals surface area contributed by atoms with Crippen molar-refractivity contribution in [2.75, 3.05) is 37.3 Å². The topological polar surface area (TPSA) is 85.0 Å². The number of halogens is 6. The number of pyridine rings is 1. The van der Waals surface area contributed by atoms with E-state index < -0.39 is 29.0 Å². The fourth-order valence-corrected chi connectivity index (χ4v) is 6.05. The summed E-state index contributed by atoms with van der Waals surface area (Å²) in [5.74, 6) is 0. The number of aromatic nitrogens is 1. The Bertz CT molecular complexity index is 1510. The summed E-state index contributed by atoms with van der Waals surface area (Å²) in [7, 11) is 0. The Kier molecular flexibility index (Phi) is 6.94. The molecule has 222 valence electrons. The number of nitrogens with two attached hydrogens (primary N) is 1. The normalized spacial score (nSPS) is 22.2. The van der Waals surface area contributed by atoms with E-state index in [4.69, 9.17) is 20.5 Å². The monoisotopic (exact) mass is 591 g/mol. The molecule has 3 aromatic rings. The van der Waals surface area contributed by atoms with Gasteiger partial charge in [-0.1, -0.05) is 12.1 Å². The Morgan fingerprint density at radius 3 is 2.40 bits per heavy atom. The van der Waals surface area contributed by atoms with Crippen molar-refractivity contribution in [3.63, 3.8) is 0 Å². The highest BCUT2D eigenvalue weighted by molar-refractivity contribution is 5.86. The summed E-state index contributed by atoms with van der Waals surface area (Å²) in [6.45, 7) is 1.83. The van der Waals surface area contributed by atoms with Crippen LogP contribution in [0.15, 0.2) is 59.7 Å². The number of rotatable bonds is 4. The van der Waals surface area contributed by atoms with Gasteiger partial charge in [-0.15, -0.1) is 0 Å². The van der Waals surface area contributed by atoms with Crippen LogP contribution in [0.2, 0.25) is 0 Å². The molecule has 0 saturated carbocycles. The Labute approximate surface area is 237 Å². The van der Waals surface area contributed by atoms with Crippen molar-refractivity contribution in [3.8, 4) is 11.3 Å². The van der Waals surface area contributed by atoms with Gasteiger partial charge in [-0.05, 0) is 49.2 Å². The highest BCUT2D eigenvalue weighted by Gasteiger charge is 2.46. The van der Waals surface area contributed by atoms with Gasteiger partial charge in [-0.25, -0.2) is 9.78 Å². The van der Waals surface area contributed by atoms with Crippen LogP contribution in [0.5, 0.6) is 0 Å². The number of anilines is 2. The number of nitrogen functional groups attached to an aromatic ring is 1. The van der Waals surface area contributed by atoms with E-state index in [1.807, 2.05) is 0 Å². The number of piperidine rings is 1. The lowest BCUT2D eigenvalue weighted by Crippen LogP contribution is -2.50. The van der Waals surface area contributed by atoms with Crippen LogP contribution in [0.3, 0.4) is 0 Å². The molecule has 0 radical (unpaired) electrons. The lowest BCUT2D eigenvalue weighted by Gasteiger charge is -2.43. The zero-order valence-electron chi connectivity index (χ0n) is 22.2. The Morgan fingerprint density at radius 2 is 1.71 bits per heavy atom. The van der Waals surface area contributed by atoms with Crippen molar-refractivity contribution in [2.45, 2.75) is 42.8 Å². The molecule has 42 heavy (non-hydrogen) atoms. The SMILES string of the molecule is Nc1ccc(C(F)(F)F)cc1C1(CN2CCC3(CCOO3)CC2)N=CNc2cc(-c3ncccc3C(F)(F)F)ccc21. The molecule has 1 aromatic heterocycles. The van der Waals surface area contributed by atoms with Crippen LogP contribution in [0.1, 0.15) is 41.5 Å². The van der Waals surface area contributed by atoms with Crippen molar-refractivity contribution in [2.24, 2.45) is 4.99 Å². The quantitative estimate of drug-likeness (QED) is 0.212. The van der Waals surface area contributed by atoms with E-state index in [2.05, 4.69) is 15.2 Å². The van der Waals surface area contributed by atoms with Crippen LogP contribution in [0.4, 0.5) is 37.7 Å². The van der Waals surface area contributed by atoms with Crippen LogP contribution in [0.25, 0.3) is 11.3 Å². The van der Waals surface area contributed by atoms with Gasteiger partial charge in [0.25, 0.3) is 0 Å². The molecule has 0 amide bonds. The lowest BCUT2D eigenvalue weighted by molar-refractivity contribution is -0.316. The number of aliphatic imine (C=N–C) groups is 1.